The first kappa shape index (κ1) is 12.8. The summed E-state index contributed by atoms with van der Waals surface area (Å²) in [5.41, 5.74) is 6.81. The molecule has 0 bridgehead atoms. The highest BCUT2D eigenvalue weighted by Crippen LogP contribution is 2.19. The summed E-state index contributed by atoms with van der Waals surface area (Å²) in [5.74, 6) is 0.933. The third-order valence-corrected chi connectivity index (χ3v) is 3.31. The van der Waals surface area contributed by atoms with Gasteiger partial charge in [0.25, 0.3) is 0 Å². The van der Waals surface area contributed by atoms with Gasteiger partial charge in [-0.05, 0) is 25.0 Å². The molecule has 98 valence electrons. The number of nitrogens with two attached hydrogens (primary N) is 1. The van der Waals surface area contributed by atoms with Crippen molar-refractivity contribution in [3.63, 3.8) is 0 Å². The van der Waals surface area contributed by atoms with E-state index in [1.807, 2.05) is 26.0 Å². The van der Waals surface area contributed by atoms with Gasteiger partial charge >= 0.3 is 0 Å². The van der Waals surface area contributed by atoms with Gasteiger partial charge in [0.15, 0.2) is 0 Å². The van der Waals surface area contributed by atoms with Crippen LogP contribution in [0.4, 0.5) is 5.82 Å². The number of piperazine rings is 1. The third kappa shape index (κ3) is 2.46. The minimum absolute atomic E-state index is 0.0156. The lowest BCUT2D eigenvalue weighted by molar-refractivity contribution is -0.123. The lowest BCUT2D eigenvalue weighted by atomic mass is 10.1. The molecule has 1 saturated heterocycles. The molecule has 1 aromatic heterocycles. The topological polar surface area (TPSA) is 71.2 Å². The fourth-order valence-electron chi connectivity index (χ4n) is 2.23. The molecule has 1 unspecified atom stereocenters. The normalized spacial score (nSPS) is 21.6. The molecule has 0 aromatic carbocycles. The Morgan fingerprint density at radius 1 is 1.61 bits per heavy atom. The first-order valence-corrected chi connectivity index (χ1v) is 6.39. The van der Waals surface area contributed by atoms with Crippen LogP contribution in [-0.4, -0.2) is 30.0 Å². The van der Waals surface area contributed by atoms with E-state index in [1.165, 1.54) is 0 Å². The molecule has 2 rings (SSSR count). The molecule has 5 nitrogen and oxygen atoms in total. The van der Waals surface area contributed by atoms with Gasteiger partial charge in [-0.2, -0.15) is 0 Å². The minimum atomic E-state index is -0.118. The zero-order valence-electron chi connectivity index (χ0n) is 10.9. The van der Waals surface area contributed by atoms with Crippen LogP contribution in [0.1, 0.15) is 31.9 Å². The van der Waals surface area contributed by atoms with Crippen LogP contribution in [0, 0.1) is 0 Å². The van der Waals surface area contributed by atoms with E-state index in [9.17, 15) is 4.79 Å². The van der Waals surface area contributed by atoms with Crippen molar-refractivity contribution >= 4 is 11.7 Å². The molecule has 0 aliphatic carbocycles. The number of anilines is 1. The number of carbonyl (C=O) groups is 1. The number of pyridine rings is 1. The molecule has 0 radical (unpaired) electrons. The monoisotopic (exact) mass is 248 g/mol. The van der Waals surface area contributed by atoms with Gasteiger partial charge in [-0.15, -0.1) is 0 Å². The Bertz CT molecular complexity index is 416. The summed E-state index contributed by atoms with van der Waals surface area (Å²) < 4.78 is 0. The van der Waals surface area contributed by atoms with Crippen LogP contribution >= 0.6 is 0 Å². The summed E-state index contributed by atoms with van der Waals surface area (Å²) in [5, 5.41) is 2.88. The van der Waals surface area contributed by atoms with E-state index in [-0.39, 0.29) is 18.0 Å². The Morgan fingerprint density at radius 3 is 2.94 bits per heavy atom. The number of hydrogen-bond acceptors (Lipinski definition) is 4. The Hall–Kier alpha value is -1.62. The molecule has 1 aliphatic rings. The van der Waals surface area contributed by atoms with Crippen molar-refractivity contribution in [1.29, 1.82) is 0 Å². The number of hydrogen-bond donors (Lipinski definition) is 2. The second kappa shape index (κ2) is 5.35. The number of rotatable bonds is 3. The van der Waals surface area contributed by atoms with Crippen LogP contribution in [-0.2, 0) is 4.79 Å². The van der Waals surface area contributed by atoms with Crippen molar-refractivity contribution in [1.82, 2.24) is 10.3 Å². The number of aromatic nitrogens is 1. The van der Waals surface area contributed by atoms with E-state index < -0.39 is 0 Å². The SMILES string of the molecule is CCC1C(=O)NCCN1c1ccc([C@H](C)N)cn1. The highest BCUT2D eigenvalue weighted by atomic mass is 16.2. The summed E-state index contributed by atoms with van der Waals surface area (Å²) in [7, 11) is 0. The average molecular weight is 248 g/mol. The summed E-state index contributed by atoms with van der Waals surface area (Å²) in [6, 6.07) is 3.79. The molecule has 1 aromatic rings. The first-order chi connectivity index (χ1) is 8.63. The zero-order chi connectivity index (χ0) is 13.1. The molecule has 0 saturated carbocycles. The highest BCUT2D eigenvalue weighted by molar-refractivity contribution is 5.86. The van der Waals surface area contributed by atoms with Gasteiger partial charge in [0.1, 0.15) is 11.9 Å². The number of carbonyl (C=O) groups excluding carboxylic acids is 1. The van der Waals surface area contributed by atoms with E-state index in [0.717, 1.165) is 24.3 Å². The Morgan fingerprint density at radius 2 is 2.39 bits per heavy atom. The van der Waals surface area contributed by atoms with E-state index >= 15 is 0 Å². The van der Waals surface area contributed by atoms with Crippen molar-refractivity contribution in [3.8, 4) is 0 Å². The van der Waals surface area contributed by atoms with Crippen molar-refractivity contribution in [3.05, 3.63) is 23.9 Å². The van der Waals surface area contributed by atoms with Gasteiger partial charge in [-0.1, -0.05) is 13.0 Å². The van der Waals surface area contributed by atoms with Gasteiger partial charge in [0, 0.05) is 25.3 Å². The maximum atomic E-state index is 11.8. The predicted octanol–water partition coefficient (Wildman–Crippen LogP) is 0.816. The molecule has 3 N–H and O–H groups in total. The van der Waals surface area contributed by atoms with Gasteiger partial charge in [0.2, 0.25) is 5.91 Å². The second-order valence-corrected chi connectivity index (χ2v) is 4.65. The van der Waals surface area contributed by atoms with Gasteiger partial charge in [0.05, 0.1) is 0 Å². The number of nitrogens with one attached hydrogen (secondary N) is 1. The van der Waals surface area contributed by atoms with Gasteiger partial charge in [-0.25, -0.2) is 4.98 Å². The van der Waals surface area contributed by atoms with E-state index in [2.05, 4.69) is 15.2 Å². The molecule has 2 atom stereocenters. The molecule has 1 aliphatic heterocycles. The van der Waals surface area contributed by atoms with Crippen LogP contribution in [0.25, 0.3) is 0 Å². The Kier molecular flexibility index (Phi) is 3.81. The number of nitrogens with zero attached hydrogens (tertiary/aromatic N) is 2. The van der Waals surface area contributed by atoms with Crippen molar-refractivity contribution in [2.45, 2.75) is 32.4 Å². The quantitative estimate of drug-likeness (QED) is 0.830. The summed E-state index contributed by atoms with van der Waals surface area (Å²) in [6.07, 6.45) is 2.57. The standard InChI is InChI=1S/C13H20N4O/c1-3-11-13(18)15-6-7-17(11)12-5-4-10(8-16-12)9(2)14/h4-5,8-9,11H,3,6-7,14H2,1-2H3,(H,15,18)/t9-,11?/m0/s1. The molecule has 2 heterocycles. The second-order valence-electron chi connectivity index (χ2n) is 4.65. The summed E-state index contributed by atoms with van der Waals surface area (Å²) in [4.78, 5) is 18.3. The predicted molar refractivity (Wildman–Crippen MR) is 71.3 cm³/mol. The first-order valence-electron chi connectivity index (χ1n) is 6.39. The van der Waals surface area contributed by atoms with Gasteiger partial charge in [-0.3, -0.25) is 4.79 Å². The number of amides is 1. The maximum Gasteiger partial charge on any atom is 0.242 e. The largest absolute Gasteiger partial charge is 0.353 e. The fraction of sp³-hybridized carbons (Fsp3) is 0.538. The van der Waals surface area contributed by atoms with Crippen molar-refractivity contribution < 1.29 is 4.79 Å². The lowest BCUT2D eigenvalue weighted by Crippen LogP contribution is -2.55. The van der Waals surface area contributed by atoms with E-state index in [1.54, 1.807) is 6.20 Å². The Labute approximate surface area is 107 Å². The van der Waals surface area contributed by atoms with E-state index in [4.69, 9.17) is 5.73 Å². The summed E-state index contributed by atoms with van der Waals surface area (Å²) in [6.45, 7) is 5.42. The lowest BCUT2D eigenvalue weighted by Gasteiger charge is -2.35. The molecule has 0 spiro atoms. The molecule has 5 heteroatoms. The van der Waals surface area contributed by atoms with Crippen LogP contribution in [0.5, 0.6) is 0 Å². The molecule has 18 heavy (non-hydrogen) atoms. The van der Waals surface area contributed by atoms with Gasteiger partial charge < -0.3 is 16.0 Å². The zero-order valence-corrected chi connectivity index (χ0v) is 10.9. The van der Waals surface area contributed by atoms with Crippen molar-refractivity contribution in [2.24, 2.45) is 5.73 Å². The third-order valence-electron chi connectivity index (χ3n) is 3.31. The molecular weight excluding hydrogens is 228 g/mol. The van der Waals surface area contributed by atoms with Crippen LogP contribution < -0.4 is 16.0 Å². The fourth-order valence-corrected chi connectivity index (χ4v) is 2.23. The highest BCUT2D eigenvalue weighted by Gasteiger charge is 2.28. The molecule has 1 fully saturated rings. The summed E-state index contributed by atoms with van der Waals surface area (Å²) >= 11 is 0. The van der Waals surface area contributed by atoms with Crippen LogP contribution in [0.3, 0.4) is 0 Å². The minimum Gasteiger partial charge on any atom is -0.353 e. The van der Waals surface area contributed by atoms with Crippen LogP contribution in [0.2, 0.25) is 0 Å². The van der Waals surface area contributed by atoms with E-state index in [0.29, 0.717) is 6.54 Å². The smallest absolute Gasteiger partial charge is 0.242 e. The van der Waals surface area contributed by atoms with Crippen LogP contribution in [0.15, 0.2) is 18.3 Å². The average Bonchev–Trinajstić information content (AvgIpc) is 2.38. The van der Waals surface area contributed by atoms with Crippen molar-refractivity contribution in [2.75, 3.05) is 18.0 Å². The maximum absolute atomic E-state index is 11.8. The molecule has 1 amide bonds. The Balaban J connectivity index is 2.21. The molecular formula is C13H20N4O.